The zero-order valence-corrected chi connectivity index (χ0v) is 16.8. The summed E-state index contributed by atoms with van der Waals surface area (Å²) in [5.41, 5.74) is 4.97. The molecule has 0 spiro atoms. The molecular weight excluding hydrogens is 344 g/mol. The molecule has 0 saturated heterocycles. The quantitative estimate of drug-likeness (QED) is 0.622. The van der Waals surface area contributed by atoms with Crippen molar-refractivity contribution in [3.05, 3.63) is 70.8 Å². The molecule has 2 fully saturated rings. The number of carbonyl (C=O) groups is 1. The third-order valence-electron chi connectivity index (χ3n) is 7.71. The molecule has 2 heteroatoms. The number of ether oxygens (including phenoxy) is 1. The Balaban J connectivity index is 1.48. The van der Waals surface area contributed by atoms with E-state index < -0.39 is 0 Å². The molecular formula is C26H28O2. The van der Waals surface area contributed by atoms with Crippen molar-refractivity contribution < 1.29 is 9.53 Å². The van der Waals surface area contributed by atoms with Crippen LogP contribution in [0.25, 0.3) is 6.08 Å². The van der Waals surface area contributed by atoms with E-state index in [1.807, 2.05) is 18.2 Å². The van der Waals surface area contributed by atoms with Gasteiger partial charge in [0.15, 0.2) is 5.78 Å². The number of fused-ring (bicyclic) bond motifs is 5. The first-order valence-corrected chi connectivity index (χ1v) is 10.6. The fourth-order valence-electron chi connectivity index (χ4n) is 6.24. The summed E-state index contributed by atoms with van der Waals surface area (Å²) >= 11 is 0. The third-order valence-corrected chi connectivity index (χ3v) is 7.71. The largest absolute Gasteiger partial charge is 0.497 e. The van der Waals surface area contributed by atoms with Gasteiger partial charge in [0.05, 0.1) is 7.11 Å². The number of hydrogen-bond donors (Lipinski definition) is 0. The molecule has 2 aromatic carbocycles. The fraction of sp³-hybridized carbons (Fsp3) is 0.423. The van der Waals surface area contributed by atoms with Crippen molar-refractivity contribution in [1.29, 1.82) is 0 Å². The second-order valence-electron chi connectivity index (χ2n) is 9.05. The number of hydrogen-bond acceptors (Lipinski definition) is 2. The first kappa shape index (κ1) is 17.7. The summed E-state index contributed by atoms with van der Waals surface area (Å²) in [6.07, 6.45) is 7.51. The van der Waals surface area contributed by atoms with Gasteiger partial charge in [-0.2, -0.15) is 0 Å². The number of rotatable bonds is 2. The fourth-order valence-corrected chi connectivity index (χ4v) is 6.24. The molecule has 28 heavy (non-hydrogen) atoms. The van der Waals surface area contributed by atoms with Crippen LogP contribution in [0.2, 0.25) is 0 Å². The van der Waals surface area contributed by atoms with Crippen LogP contribution in [0, 0.1) is 17.3 Å². The number of Topliss-reactive ketones (excluding diaryl/α,β-unsaturated/α-hetero) is 1. The van der Waals surface area contributed by atoms with E-state index in [9.17, 15) is 4.79 Å². The van der Waals surface area contributed by atoms with Crippen molar-refractivity contribution in [1.82, 2.24) is 0 Å². The van der Waals surface area contributed by atoms with Crippen molar-refractivity contribution in [2.45, 2.75) is 44.9 Å². The lowest BCUT2D eigenvalue weighted by Gasteiger charge is -2.48. The topological polar surface area (TPSA) is 26.3 Å². The van der Waals surface area contributed by atoms with E-state index in [4.69, 9.17) is 4.74 Å². The second-order valence-corrected chi connectivity index (χ2v) is 9.05. The maximum absolute atomic E-state index is 13.4. The minimum Gasteiger partial charge on any atom is -0.497 e. The maximum Gasteiger partial charge on any atom is 0.165 e. The van der Waals surface area contributed by atoms with Gasteiger partial charge in [-0.15, -0.1) is 0 Å². The Morgan fingerprint density at radius 2 is 1.93 bits per heavy atom. The van der Waals surface area contributed by atoms with Crippen molar-refractivity contribution in [2.75, 3.05) is 7.11 Å². The molecule has 2 nitrogen and oxygen atoms in total. The lowest BCUT2D eigenvalue weighted by Crippen LogP contribution is -2.42. The van der Waals surface area contributed by atoms with Crippen LogP contribution in [-0.4, -0.2) is 12.9 Å². The molecule has 0 heterocycles. The van der Waals surface area contributed by atoms with Gasteiger partial charge in [-0.3, -0.25) is 4.79 Å². The van der Waals surface area contributed by atoms with Gasteiger partial charge in [0.1, 0.15) is 5.75 Å². The number of allylic oxidation sites excluding steroid dienone is 1. The number of aryl methyl sites for hydroxylation is 1. The van der Waals surface area contributed by atoms with Gasteiger partial charge in [-0.05, 0) is 90.3 Å². The molecule has 0 bridgehead atoms. The Bertz CT molecular complexity index is 942. The number of benzene rings is 2. The van der Waals surface area contributed by atoms with Crippen molar-refractivity contribution in [2.24, 2.45) is 17.3 Å². The summed E-state index contributed by atoms with van der Waals surface area (Å²) in [4.78, 5) is 13.4. The normalized spacial score (nSPS) is 32.6. The SMILES string of the molecule is COc1ccc2c(c1)CCC1C2CCC2(C)C(=O)/C(=C/c3ccccc3)CC12. The van der Waals surface area contributed by atoms with Crippen LogP contribution < -0.4 is 4.74 Å². The molecule has 0 aromatic heterocycles. The van der Waals surface area contributed by atoms with Crippen molar-refractivity contribution in [3.63, 3.8) is 0 Å². The highest BCUT2D eigenvalue weighted by atomic mass is 16.5. The highest BCUT2D eigenvalue weighted by Crippen LogP contribution is 2.60. The second kappa shape index (κ2) is 6.62. The smallest absolute Gasteiger partial charge is 0.165 e. The Kier molecular flexibility index (Phi) is 4.19. The molecule has 2 aromatic rings. The molecule has 5 rings (SSSR count). The predicted octanol–water partition coefficient (Wildman–Crippen LogP) is 5.81. The van der Waals surface area contributed by atoms with E-state index in [1.54, 1.807) is 7.11 Å². The van der Waals surface area contributed by atoms with Gasteiger partial charge >= 0.3 is 0 Å². The Labute approximate surface area is 167 Å². The van der Waals surface area contributed by atoms with Crippen LogP contribution in [0.15, 0.2) is 54.1 Å². The summed E-state index contributed by atoms with van der Waals surface area (Å²) < 4.78 is 5.43. The molecule has 3 aliphatic rings. The van der Waals surface area contributed by atoms with Crippen molar-refractivity contribution in [3.8, 4) is 5.75 Å². The van der Waals surface area contributed by atoms with Gasteiger partial charge in [0.2, 0.25) is 0 Å². The number of ketones is 1. The lowest BCUT2D eigenvalue weighted by molar-refractivity contribution is -0.127. The van der Waals surface area contributed by atoms with Gasteiger partial charge < -0.3 is 4.74 Å². The monoisotopic (exact) mass is 372 g/mol. The molecule has 144 valence electrons. The third kappa shape index (κ3) is 2.65. The summed E-state index contributed by atoms with van der Waals surface area (Å²) in [5, 5.41) is 0. The Hall–Kier alpha value is -2.35. The van der Waals surface area contributed by atoms with Gasteiger partial charge in [0.25, 0.3) is 0 Å². The van der Waals surface area contributed by atoms with E-state index in [-0.39, 0.29) is 5.41 Å². The minimum absolute atomic E-state index is 0.175. The van der Waals surface area contributed by atoms with E-state index in [0.29, 0.717) is 23.5 Å². The minimum atomic E-state index is -0.175. The molecule has 0 amide bonds. The summed E-state index contributed by atoms with van der Waals surface area (Å²) in [6, 6.07) is 16.9. The molecule has 0 radical (unpaired) electrons. The van der Waals surface area contributed by atoms with Gasteiger partial charge in [-0.1, -0.05) is 43.3 Å². The summed E-state index contributed by atoms with van der Waals surface area (Å²) in [5.74, 6) is 3.05. The molecule has 0 aliphatic heterocycles. The maximum atomic E-state index is 13.4. The lowest BCUT2D eigenvalue weighted by atomic mass is 9.55. The predicted molar refractivity (Wildman–Crippen MR) is 112 cm³/mol. The first-order valence-electron chi connectivity index (χ1n) is 10.6. The van der Waals surface area contributed by atoms with Crippen LogP contribution in [0.1, 0.15) is 55.2 Å². The van der Waals surface area contributed by atoms with Crippen LogP contribution in [0.5, 0.6) is 5.75 Å². The zero-order valence-electron chi connectivity index (χ0n) is 16.8. The summed E-state index contributed by atoms with van der Waals surface area (Å²) in [7, 11) is 1.74. The number of carbonyl (C=O) groups excluding carboxylic acids is 1. The van der Waals surface area contributed by atoms with E-state index >= 15 is 0 Å². The Morgan fingerprint density at radius 1 is 1.11 bits per heavy atom. The highest BCUT2D eigenvalue weighted by molar-refractivity contribution is 6.06. The Morgan fingerprint density at radius 3 is 2.71 bits per heavy atom. The van der Waals surface area contributed by atoms with Crippen LogP contribution >= 0.6 is 0 Å². The van der Waals surface area contributed by atoms with Crippen LogP contribution in [0.4, 0.5) is 0 Å². The average Bonchev–Trinajstić information content (AvgIpc) is 2.99. The van der Waals surface area contributed by atoms with Gasteiger partial charge in [0, 0.05) is 5.41 Å². The molecule has 3 aliphatic carbocycles. The van der Waals surface area contributed by atoms with E-state index in [1.165, 1.54) is 17.5 Å². The van der Waals surface area contributed by atoms with Crippen molar-refractivity contribution >= 4 is 11.9 Å². The first-order chi connectivity index (χ1) is 13.6. The van der Waals surface area contributed by atoms with Gasteiger partial charge in [-0.25, -0.2) is 0 Å². The molecule has 2 saturated carbocycles. The highest BCUT2D eigenvalue weighted by Gasteiger charge is 2.56. The van der Waals surface area contributed by atoms with Crippen LogP contribution in [-0.2, 0) is 11.2 Å². The zero-order chi connectivity index (χ0) is 19.3. The molecule has 4 atom stereocenters. The van der Waals surface area contributed by atoms with E-state index in [0.717, 1.165) is 42.6 Å². The average molecular weight is 373 g/mol. The molecule has 0 N–H and O–H groups in total. The van der Waals surface area contributed by atoms with Crippen LogP contribution in [0.3, 0.4) is 0 Å². The van der Waals surface area contributed by atoms with E-state index in [2.05, 4.69) is 43.3 Å². The molecule has 4 unspecified atom stereocenters. The summed E-state index contributed by atoms with van der Waals surface area (Å²) in [6.45, 7) is 2.24. The standard InChI is InChI=1S/C26H28O2/c1-26-13-12-22-21-11-9-20(28-2)15-18(21)8-10-23(22)24(26)16-19(25(26)27)14-17-6-4-3-5-7-17/h3-7,9,11,14-15,22-24H,8,10,12-13,16H2,1-2H3/b19-14+. The number of methoxy groups -OCH3 is 1.